The summed E-state index contributed by atoms with van der Waals surface area (Å²) >= 11 is 7.05. The fourth-order valence-electron chi connectivity index (χ4n) is 11.3. The van der Waals surface area contributed by atoms with Crippen LogP contribution < -0.4 is 0 Å². The first-order chi connectivity index (χ1) is 31.2. The van der Waals surface area contributed by atoms with Crippen LogP contribution in [0.3, 0.4) is 0 Å². The van der Waals surface area contributed by atoms with E-state index in [0.29, 0.717) is 11.6 Å². The topological polar surface area (TPSA) is 43.6 Å². The average molecular weight is 821 g/mol. The molecule has 1 aliphatic heterocycles. The second-order valence-electron chi connectivity index (χ2n) is 16.8. The highest BCUT2D eigenvalue weighted by molar-refractivity contribution is 6.28. The van der Waals surface area contributed by atoms with E-state index in [1.807, 2.05) is 12.1 Å². The summed E-state index contributed by atoms with van der Waals surface area (Å²) in [7, 11) is 0. The number of fused-ring (bicyclic) bond motifs is 13. The van der Waals surface area contributed by atoms with E-state index in [4.69, 9.17) is 26.6 Å². The van der Waals surface area contributed by atoms with Crippen molar-refractivity contribution in [3.05, 3.63) is 228 Å². The van der Waals surface area contributed by atoms with Crippen LogP contribution in [0.2, 0.25) is 5.28 Å². The molecule has 5 heteroatoms. The van der Waals surface area contributed by atoms with E-state index in [0.717, 1.165) is 50.2 Å². The summed E-state index contributed by atoms with van der Waals surface area (Å²) in [6, 6.07) is 72.5. The maximum atomic E-state index is 7.05. The van der Waals surface area contributed by atoms with Gasteiger partial charge in [0, 0.05) is 38.6 Å². The van der Waals surface area contributed by atoms with Gasteiger partial charge in [0.25, 0.3) is 0 Å². The van der Waals surface area contributed by atoms with Gasteiger partial charge in [-0.3, -0.25) is 0 Å². The molecule has 9 aromatic carbocycles. The first-order valence-corrected chi connectivity index (χ1v) is 21.8. The van der Waals surface area contributed by atoms with Crippen LogP contribution in [0, 0.1) is 0 Å². The molecule has 3 heterocycles. The van der Waals surface area contributed by atoms with E-state index in [2.05, 4.69) is 193 Å². The van der Waals surface area contributed by atoms with Gasteiger partial charge in [-0.05, 0) is 103 Å². The van der Waals surface area contributed by atoms with E-state index in [9.17, 15) is 0 Å². The third-order valence-corrected chi connectivity index (χ3v) is 13.9. The van der Waals surface area contributed by atoms with Gasteiger partial charge < -0.3 is 4.57 Å². The highest BCUT2D eigenvalue weighted by atomic mass is 35.5. The molecular weight excluding hydrogens is 788 g/mol. The zero-order valence-corrected chi connectivity index (χ0v) is 34.5. The SMILES string of the molecule is Clc1nc(-c2cc(-c3ccccc3)cc(-c3ccccc3)c2)nc(-c2ccc3c4c2-c2ccccc2-n2c5ccccc5c5ccc(c-4c52)C32c3ccccc3-c3ccccc32)n1. The van der Waals surface area contributed by atoms with Gasteiger partial charge in [-0.15, -0.1) is 0 Å². The predicted octanol–water partition coefficient (Wildman–Crippen LogP) is 14.6. The van der Waals surface area contributed by atoms with Crippen molar-refractivity contribution in [2.24, 2.45) is 0 Å². The van der Waals surface area contributed by atoms with Crippen LogP contribution >= 0.6 is 11.6 Å². The Morgan fingerprint density at radius 2 is 0.921 bits per heavy atom. The molecule has 2 aliphatic carbocycles. The van der Waals surface area contributed by atoms with Gasteiger partial charge in [0.2, 0.25) is 5.28 Å². The minimum Gasteiger partial charge on any atom is -0.308 e. The Hall–Kier alpha value is -7.92. The third-order valence-electron chi connectivity index (χ3n) is 13.7. The molecule has 3 aliphatic rings. The van der Waals surface area contributed by atoms with Crippen molar-refractivity contribution in [1.29, 1.82) is 0 Å². The third kappa shape index (κ3) is 4.63. The standard InChI is InChI=1S/C58H33ClN4/c59-57-61-55(38-32-36(34-15-3-1-4-16-34)31-37(33-38)35-17-5-2-6-18-35)60-56(62-57)44-28-30-47-52-51(44)43-22-10-14-26-50(43)63-49-25-13-9-21-41(49)42-27-29-48(53(52)54(42)63)58(47)45-23-11-7-19-39(45)40-20-8-12-24-46(40)58/h1-33H. The second-order valence-corrected chi connectivity index (χ2v) is 17.1. The first kappa shape index (κ1) is 34.8. The lowest BCUT2D eigenvalue weighted by Crippen LogP contribution is -2.26. The fraction of sp³-hybridized carbons (Fsp3) is 0.0172. The number of hydrogen-bond acceptors (Lipinski definition) is 3. The summed E-state index contributed by atoms with van der Waals surface area (Å²) in [5.74, 6) is 1.05. The number of benzene rings is 9. The largest absolute Gasteiger partial charge is 0.308 e. The van der Waals surface area contributed by atoms with Crippen molar-refractivity contribution >= 4 is 33.4 Å². The molecule has 0 saturated carbocycles. The summed E-state index contributed by atoms with van der Waals surface area (Å²) in [5.41, 5.74) is 21.5. The molecule has 0 bridgehead atoms. The number of aromatic nitrogens is 4. The minimum atomic E-state index is -0.541. The summed E-state index contributed by atoms with van der Waals surface area (Å²) in [6.07, 6.45) is 0. The Morgan fingerprint density at radius 3 is 1.63 bits per heavy atom. The fourth-order valence-corrected chi connectivity index (χ4v) is 11.5. The molecule has 0 N–H and O–H groups in total. The first-order valence-electron chi connectivity index (χ1n) is 21.4. The van der Waals surface area contributed by atoms with E-state index >= 15 is 0 Å². The zero-order valence-electron chi connectivity index (χ0n) is 33.7. The van der Waals surface area contributed by atoms with Crippen molar-refractivity contribution in [3.8, 4) is 84.1 Å². The van der Waals surface area contributed by atoms with Crippen LogP contribution in [0.5, 0.6) is 0 Å². The quantitative estimate of drug-likeness (QED) is 0.178. The maximum Gasteiger partial charge on any atom is 0.226 e. The Kier molecular flexibility index (Phi) is 7.06. The Balaban J connectivity index is 1.09. The summed E-state index contributed by atoms with van der Waals surface area (Å²) in [6.45, 7) is 0. The molecule has 1 spiro atoms. The van der Waals surface area contributed by atoms with Crippen molar-refractivity contribution in [2.75, 3.05) is 0 Å². The molecule has 0 radical (unpaired) electrons. The second kappa shape index (κ2) is 12.8. The lowest BCUT2D eigenvalue weighted by Gasteiger charge is -2.31. The lowest BCUT2D eigenvalue weighted by atomic mass is 9.70. The molecular formula is C58H33ClN4. The van der Waals surface area contributed by atoms with Gasteiger partial charge in [-0.2, -0.15) is 9.97 Å². The van der Waals surface area contributed by atoms with Crippen LogP contribution in [-0.4, -0.2) is 19.5 Å². The van der Waals surface area contributed by atoms with Gasteiger partial charge >= 0.3 is 0 Å². The predicted molar refractivity (Wildman–Crippen MR) is 256 cm³/mol. The van der Waals surface area contributed by atoms with Crippen LogP contribution in [0.1, 0.15) is 22.3 Å². The Bertz CT molecular complexity index is 3650. The summed E-state index contributed by atoms with van der Waals surface area (Å²) in [4.78, 5) is 15.2. The molecule has 63 heavy (non-hydrogen) atoms. The zero-order chi connectivity index (χ0) is 41.4. The number of para-hydroxylation sites is 2. The Morgan fingerprint density at radius 1 is 0.365 bits per heavy atom. The number of hydrogen-bond donors (Lipinski definition) is 0. The smallest absolute Gasteiger partial charge is 0.226 e. The summed E-state index contributed by atoms with van der Waals surface area (Å²) < 4.78 is 2.50. The minimum absolute atomic E-state index is 0.145. The average Bonchev–Trinajstić information content (AvgIpc) is 3.92. The molecule has 4 nitrogen and oxygen atoms in total. The lowest BCUT2D eigenvalue weighted by molar-refractivity contribution is 0.794. The maximum absolute atomic E-state index is 7.05. The van der Waals surface area contributed by atoms with Crippen LogP contribution in [0.15, 0.2) is 200 Å². The van der Waals surface area contributed by atoms with Gasteiger partial charge in [0.1, 0.15) is 0 Å². The molecule has 0 unspecified atom stereocenters. The van der Waals surface area contributed by atoms with Crippen molar-refractivity contribution in [3.63, 3.8) is 0 Å². The van der Waals surface area contributed by atoms with Crippen molar-refractivity contribution in [1.82, 2.24) is 19.5 Å². The van der Waals surface area contributed by atoms with E-state index in [1.165, 1.54) is 66.3 Å². The van der Waals surface area contributed by atoms with E-state index in [-0.39, 0.29) is 5.28 Å². The van der Waals surface area contributed by atoms with Gasteiger partial charge in [-0.1, -0.05) is 170 Å². The number of nitrogens with zero attached hydrogens (tertiary/aromatic N) is 4. The van der Waals surface area contributed by atoms with Crippen molar-refractivity contribution < 1.29 is 0 Å². The molecule has 0 fully saturated rings. The monoisotopic (exact) mass is 820 g/mol. The van der Waals surface area contributed by atoms with E-state index in [1.54, 1.807) is 0 Å². The van der Waals surface area contributed by atoms with Crippen LogP contribution in [-0.2, 0) is 5.41 Å². The molecule has 2 aromatic heterocycles. The van der Waals surface area contributed by atoms with Crippen LogP contribution in [0.25, 0.3) is 106 Å². The highest BCUT2D eigenvalue weighted by Crippen LogP contribution is 2.67. The van der Waals surface area contributed by atoms with Gasteiger partial charge in [-0.25, -0.2) is 4.98 Å². The van der Waals surface area contributed by atoms with Gasteiger partial charge in [0.15, 0.2) is 11.6 Å². The molecule has 11 aromatic rings. The normalized spacial score (nSPS) is 13.3. The number of halogens is 1. The molecule has 0 amide bonds. The molecule has 14 rings (SSSR count). The van der Waals surface area contributed by atoms with Crippen molar-refractivity contribution in [2.45, 2.75) is 5.41 Å². The van der Waals surface area contributed by atoms with Crippen LogP contribution in [0.4, 0.5) is 0 Å². The Labute approximate surface area is 368 Å². The van der Waals surface area contributed by atoms with Gasteiger partial charge in [0.05, 0.1) is 22.1 Å². The molecule has 292 valence electrons. The number of rotatable bonds is 4. The highest BCUT2D eigenvalue weighted by Gasteiger charge is 2.54. The van der Waals surface area contributed by atoms with E-state index < -0.39 is 5.41 Å². The molecule has 0 atom stereocenters. The molecule has 0 saturated heterocycles. The summed E-state index contributed by atoms with van der Waals surface area (Å²) in [5, 5.41) is 2.62.